The quantitative estimate of drug-likeness (QED) is 0.245. The monoisotopic (exact) mass is 653 g/mol. The van der Waals surface area contributed by atoms with Gasteiger partial charge >= 0.3 is 0 Å². The summed E-state index contributed by atoms with van der Waals surface area (Å²) in [6, 6.07) is 27.9. The molecule has 0 aromatic heterocycles. The highest BCUT2D eigenvalue weighted by atomic mass is 14.5. The lowest BCUT2D eigenvalue weighted by Gasteiger charge is -2.49. The van der Waals surface area contributed by atoms with E-state index < -0.39 is 0 Å². The maximum absolute atomic E-state index is 2.38. The molecule has 0 nitrogen and oxygen atoms in total. The standard InChI is InChI=1S/C14H12.C10H16.C9H12.C8H16.C3H8.2C2H6/c1-10-11-6-2-4-8-13(11)14-9-5-3-7-12(10)14;1-7-2-9-4-8(1)5-10(3-7)6-9;1-8(2)9-6-4-3-5-7-9;1-8(2)6-4-3-5-7-8;1-3-2;2*1-2/h2-10H,1H3;7-10H,1-6H2;3-8H,1-2H3;3-7H2,1-2H3;3H2,1-2H3;2*1-2H3. The van der Waals surface area contributed by atoms with Crippen molar-refractivity contribution in [3.8, 4) is 11.1 Å². The first kappa shape index (κ1) is 41.8. The van der Waals surface area contributed by atoms with Crippen LogP contribution in [0.5, 0.6) is 0 Å². The molecule has 0 aliphatic heterocycles. The lowest BCUT2D eigenvalue weighted by atomic mass is 9.56. The van der Waals surface area contributed by atoms with E-state index in [1.807, 2.05) is 33.8 Å². The molecular formula is C48H76. The summed E-state index contributed by atoms with van der Waals surface area (Å²) in [4.78, 5) is 0. The van der Waals surface area contributed by atoms with Gasteiger partial charge in [0.25, 0.3) is 0 Å². The molecule has 9 rings (SSSR count). The topological polar surface area (TPSA) is 0 Å². The van der Waals surface area contributed by atoms with Crippen molar-refractivity contribution in [2.24, 2.45) is 29.1 Å². The zero-order chi connectivity index (χ0) is 35.5. The van der Waals surface area contributed by atoms with Crippen molar-refractivity contribution >= 4 is 0 Å². The Morgan fingerprint density at radius 1 is 0.542 bits per heavy atom. The van der Waals surface area contributed by atoms with Gasteiger partial charge in [-0.15, -0.1) is 0 Å². The minimum absolute atomic E-state index is 0.558. The lowest BCUT2D eigenvalue weighted by molar-refractivity contribution is 0.0198. The largest absolute Gasteiger partial charge is 0.0683 e. The maximum Gasteiger partial charge on any atom is 0.00733 e. The van der Waals surface area contributed by atoms with E-state index in [1.165, 1.54) is 90.0 Å². The van der Waals surface area contributed by atoms with Gasteiger partial charge in [-0.05, 0) is 114 Å². The second-order valence-electron chi connectivity index (χ2n) is 15.8. The Bertz CT molecular complexity index is 1120. The summed E-state index contributed by atoms with van der Waals surface area (Å²) in [5, 5.41) is 0. The highest BCUT2D eigenvalue weighted by molar-refractivity contribution is 5.78. The van der Waals surface area contributed by atoms with Crippen molar-refractivity contribution in [1.82, 2.24) is 0 Å². The Morgan fingerprint density at radius 3 is 1.17 bits per heavy atom. The molecule has 4 bridgehead atoms. The van der Waals surface area contributed by atoms with Crippen molar-refractivity contribution in [2.45, 2.75) is 165 Å². The minimum atomic E-state index is 0.558. The number of fused-ring (bicyclic) bond motifs is 3. The molecule has 5 saturated carbocycles. The van der Waals surface area contributed by atoms with Gasteiger partial charge in [-0.2, -0.15) is 0 Å². The molecule has 0 amide bonds. The van der Waals surface area contributed by atoms with Gasteiger partial charge < -0.3 is 0 Å². The summed E-state index contributed by atoms with van der Waals surface area (Å²) in [5.74, 6) is 5.92. The highest BCUT2D eigenvalue weighted by Crippen LogP contribution is 2.53. The minimum Gasteiger partial charge on any atom is -0.0683 e. The third-order valence-electron chi connectivity index (χ3n) is 10.8. The van der Waals surface area contributed by atoms with Crippen LogP contribution in [0.25, 0.3) is 11.1 Å². The van der Waals surface area contributed by atoms with Crippen LogP contribution in [0.1, 0.15) is 182 Å². The SMILES string of the molecule is C1C2CC3CC1CC(C2)C3.CC.CC.CC(C)c1ccccc1.CC1(C)CCCCC1.CC1c2ccccc2-c2ccccc21.CCC. The molecule has 3 aromatic carbocycles. The average Bonchev–Trinajstić information content (AvgIpc) is 3.39. The molecule has 5 fully saturated rings. The van der Waals surface area contributed by atoms with E-state index in [-0.39, 0.29) is 0 Å². The average molecular weight is 653 g/mol. The summed E-state index contributed by atoms with van der Waals surface area (Å²) < 4.78 is 0. The van der Waals surface area contributed by atoms with Gasteiger partial charge in [-0.1, -0.05) is 181 Å². The Labute approximate surface area is 299 Å². The predicted octanol–water partition coefficient (Wildman–Crippen LogP) is 15.9. The second kappa shape index (κ2) is 22.4. The first-order valence-electron chi connectivity index (χ1n) is 20.4. The van der Waals surface area contributed by atoms with Gasteiger partial charge in [-0.3, -0.25) is 0 Å². The molecular weight excluding hydrogens is 577 g/mol. The molecule has 6 aliphatic carbocycles. The van der Waals surface area contributed by atoms with Crippen molar-refractivity contribution in [3.05, 3.63) is 95.6 Å². The Balaban J connectivity index is 0.000000213. The molecule has 0 spiro atoms. The van der Waals surface area contributed by atoms with Crippen LogP contribution in [0.15, 0.2) is 78.9 Å². The van der Waals surface area contributed by atoms with Gasteiger partial charge in [0, 0.05) is 5.92 Å². The molecule has 0 N–H and O–H groups in total. The van der Waals surface area contributed by atoms with Crippen LogP contribution < -0.4 is 0 Å². The lowest BCUT2D eigenvalue weighted by Crippen LogP contribution is -2.38. The van der Waals surface area contributed by atoms with Crippen molar-refractivity contribution in [2.75, 3.05) is 0 Å². The first-order valence-corrected chi connectivity index (χ1v) is 20.4. The third kappa shape index (κ3) is 13.2. The van der Waals surface area contributed by atoms with Crippen LogP contribution in [0, 0.1) is 29.1 Å². The number of hydrogen-bond donors (Lipinski definition) is 0. The van der Waals surface area contributed by atoms with Gasteiger partial charge in [0.2, 0.25) is 0 Å². The van der Waals surface area contributed by atoms with E-state index in [4.69, 9.17) is 0 Å². The Morgan fingerprint density at radius 2 is 0.875 bits per heavy atom. The molecule has 0 saturated heterocycles. The van der Waals surface area contributed by atoms with Crippen LogP contribution in [0.2, 0.25) is 0 Å². The third-order valence-corrected chi connectivity index (χ3v) is 10.8. The smallest absolute Gasteiger partial charge is 0.00733 e. The van der Waals surface area contributed by atoms with E-state index in [9.17, 15) is 0 Å². The summed E-state index contributed by atoms with van der Waals surface area (Å²) in [6.45, 7) is 23.7. The zero-order valence-corrected chi connectivity index (χ0v) is 33.5. The van der Waals surface area contributed by atoms with E-state index >= 15 is 0 Å². The molecule has 48 heavy (non-hydrogen) atoms. The Kier molecular flexibility index (Phi) is 19.5. The van der Waals surface area contributed by atoms with Crippen molar-refractivity contribution in [1.29, 1.82) is 0 Å². The molecule has 6 aliphatic rings. The summed E-state index contributed by atoms with van der Waals surface area (Å²) in [6.07, 6.45) is 18.2. The fourth-order valence-corrected chi connectivity index (χ4v) is 8.74. The van der Waals surface area contributed by atoms with Crippen LogP contribution in [-0.2, 0) is 0 Å². The predicted molar refractivity (Wildman–Crippen MR) is 217 cm³/mol. The second-order valence-corrected chi connectivity index (χ2v) is 15.8. The number of hydrogen-bond acceptors (Lipinski definition) is 0. The van der Waals surface area contributed by atoms with Crippen LogP contribution in [-0.4, -0.2) is 0 Å². The summed E-state index contributed by atoms with van der Waals surface area (Å²) in [7, 11) is 0. The van der Waals surface area contributed by atoms with Crippen LogP contribution in [0.4, 0.5) is 0 Å². The van der Waals surface area contributed by atoms with E-state index in [0.717, 1.165) is 0 Å². The molecule has 0 heterocycles. The molecule has 3 aromatic rings. The summed E-state index contributed by atoms with van der Waals surface area (Å²) >= 11 is 0. The van der Waals surface area contributed by atoms with Gasteiger partial charge in [-0.25, -0.2) is 0 Å². The van der Waals surface area contributed by atoms with Gasteiger partial charge in [0.05, 0.1) is 0 Å². The first-order chi connectivity index (χ1) is 23.2. The van der Waals surface area contributed by atoms with Gasteiger partial charge in [0.15, 0.2) is 0 Å². The van der Waals surface area contributed by atoms with E-state index in [2.05, 4.69) is 121 Å². The maximum atomic E-state index is 2.38. The number of benzene rings is 3. The highest BCUT2D eigenvalue weighted by Gasteiger charge is 2.41. The van der Waals surface area contributed by atoms with E-state index in [0.29, 0.717) is 17.3 Å². The number of rotatable bonds is 1. The summed E-state index contributed by atoms with van der Waals surface area (Å²) in [5.41, 5.74) is 7.85. The molecule has 0 heteroatoms. The molecule has 0 unspecified atom stereocenters. The zero-order valence-electron chi connectivity index (χ0n) is 33.5. The van der Waals surface area contributed by atoms with Crippen molar-refractivity contribution in [3.63, 3.8) is 0 Å². The fraction of sp³-hybridized carbons (Fsp3) is 0.625. The van der Waals surface area contributed by atoms with E-state index in [1.54, 1.807) is 38.5 Å². The fourth-order valence-electron chi connectivity index (χ4n) is 8.74. The molecule has 0 radical (unpaired) electrons. The van der Waals surface area contributed by atoms with Crippen LogP contribution >= 0.6 is 0 Å². The molecule has 0 atom stereocenters. The van der Waals surface area contributed by atoms with Crippen LogP contribution in [0.3, 0.4) is 0 Å². The molecule has 268 valence electrons. The van der Waals surface area contributed by atoms with Crippen molar-refractivity contribution < 1.29 is 0 Å². The Hall–Kier alpha value is -2.34. The normalized spacial score (nSPS) is 23.2. The van der Waals surface area contributed by atoms with Gasteiger partial charge in [0.1, 0.15) is 0 Å².